The van der Waals surface area contributed by atoms with E-state index in [2.05, 4.69) is 6.07 Å². The molecule has 0 saturated carbocycles. The Morgan fingerprint density at radius 3 is 3.00 bits per heavy atom. The fourth-order valence-electron chi connectivity index (χ4n) is 2.04. The molecular formula is C12H11NO. The van der Waals surface area contributed by atoms with Crippen molar-refractivity contribution >= 4 is 5.78 Å². The Labute approximate surface area is 83.2 Å². The molecule has 2 heteroatoms. The summed E-state index contributed by atoms with van der Waals surface area (Å²) in [6.45, 7) is 0. The Morgan fingerprint density at radius 2 is 2.21 bits per heavy atom. The minimum atomic E-state index is -0.0224. The molecule has 0 aromatic heterocycles. The molecule has 0 radical (unpaired) electrons. The summed E-state index contributed by atoms with van der Waals surface area (Å²) in [6, 6.07) is 10.0. The predicted molar refractivity (Wildman–Crippen MR) is 52.7 cm³/mol. The zero-order valence-corrected chi connectivity index (χ0v) is 7.86. The van der Waals surface area contributed by atoms with Crippen LogP contribution in [0.2, 0.25) is 0 Å². The number of nitrogens with zero attached hydrogens (tertiary/aromatic N) is 1. The Morgan fingerprint density at radius 1 is 1.43 bits per heavy atom. The smallest absolute Gasteiger partial charge is 0.144 e. The molecule has 2 nitrogen and oxygen atoms in total. The summed E-state index contributed by atoms with van der Waals surface area (Å²) < 4.78 is 0. The molecule has 1 aliphatic carbocycles. The zero-order valence-electron chi connectivity index (χ0n) is 7.86. The molecule has 1 unspecified atom stereocenters. The quantitative estimate of drug-likeness (QED) is 0.708. The van der Waals surface area contributed by atoms with Gasteiger partial charge in [-0.1, -0.05) is 24.3 Å². The first kappa shape index (κ1) is 8.96. The number of carbonyl (C=O) groups excluding carboxylic acids is 1. The first-order chi connectivity index (χ1) is 6.83. The molecule has 0 spiro atoms. The molecule has 2 rings (SSSR count). The predicted octanol–water partition coefficient (Wildman–Crippen LogP) is 2.20. The maximum Gasteiger partial charge on any atom is 0.144 e. The highest BCUT2D eigenvalue weighted by Gasteiger charge is 2.29. The van der Waals surface area contributed by atoms with Crippen molar-refractivity contribution in [2.45, 2.75) is 25.2 Å². The summed E-state index contributed by atoms with van der Waals surface area (Å²) >= 11 is 0. The molecule has 70 valence electrons. The maximum absolute atomic E-state index is 11.6. The van der Waals surface area contributed by atoms with Crippen LogP contribution in [0.15, 0.2) is 24.3 Å². The summed E-state index contributed by atoms with van der Waals surface area (Å²) in [5, 5.41) is 8.50. The molecule has 0 N–H and O–H groups in total. The van der Waals surface area contributed by atoms with Crippen LogP contribution in [0, 0.1) is 11.3 Å². The largest absolute Gasteiger partial charge is 0.299 e. The third-order valence-corrected chi connectivity index (χ3v) is 2.73. The van der Waals surface area contributed by atoms with E-state index in [1.165, 1.54) is 0 Å². The lowest BCUT2D eigenvalue weighted by atomic mass is 9.96. The van der Waals surface area contributed by atoms with Gasteiger partial charge in [0.1, 0.15) is 5.78 Å². The van der Waals surface area contributed by atoms with E-state index in [1.54, 1.807) is 0 Å². The van der Waals surface area contributed by atoms with Crippen LogP contribution in [0.3, 0.4) is 0 Å². The van der Waals surface area contributed by atoms with Crippen LogP contribution in [-0.4, -0.2) is 5.78 Å². The van der Waals surface area contributed by atoms with Crippen LogP contribution in [0.4, 0.5) is 0 Å². The molecule has 14 heavy (non-hydrogen) atoms. The van der Waals surface area contributed by atoms with Gasteiger partial charge in [0.25, 0.3) is 0 Å². The summed E-state index contributed by atoms with van der Waals surface area (Å²) in [6.07, 6.45) is 1.68. The van der Waals surface area contributed by atoms with Crippen molar-refractivity contribution in [3.8, 4) is 6.07 Å². The second-order valence-electron chi connectivity index (χ2n) is 3.59. The third kappa shape index (κ3) is 1.42. The standard InChI is InChI=1S/C12H11NO/c13-7-3-6-11-10-5-2-1-4-9(10)8-12(11)14/h1-2,4-5,11H,3,6,8H2. The van der Waals surface area contributed by atoms with Gasteiger partial charge in [0.2, 0.25) is 0 Å². The van der Waals surface area contributed by atoms with E-state index < -0.39 is 0 Å². The van der Waals surface area contributed by atoms with Gasteiger partial charge in [0.15, 0.2) is 0 Å². The van der Waals surface area contributed by atoms with Crippen LogP contribution in [0.1, 0.15) is 29.9 Å². The number of carbonyl (C=O) groups is 1. The number of fused-ring (bicyclic) bond motifs is 1. The molecule has 1 aromatic rings. The summed E-state index contributed by atoms with van der Waals surface area (Å²) in [5.74, 6) is 0.243. The van der Waals surface area contributed by atoms with Crippen molar-refractivity contribution < 1.29 is 4.79 Å². The fraction of sp³-hybridized carbons (Fsp3) is 0.333. The molecule has 1 aromatic carbocycles. The summed E-state index contributed by atoms with van der Waals surface area (Å²) in [4.78, 5) is 11.6. The van der Waals surface area contributed by atoms with E-state index in [9.17, 15) is 4.79 Å². The molecule has 0 saturated heterocycles. The van der Waals surface area contributed by atoms with Gasteiger partial charge >= 0.3 is 0 Å². The van der Waals surface area contributed by atoms with Crippen LogP contribution < -0.4 is 0 Å². The second kappa shape index (κ2) is 3.63. The van der Waals surface area contributed by atoms with Crippen LogP contribution >= 0.6 is 0 Å². The number of benzene rings is 1. The lowest BCUT2D eigenvalue weighted by molar-refractivity contribution is -0.119. The van der Waals surface area contributed by atoms with Crippen molar-refractivity contribution in [2.24, 2.45) is 0 Å². The number of ketones is 1. The van der Waals surface area contributed by atoms with Gasteiger partial charge in [-0.25, -0.2) is 0 Å². The minimum Gasteiger partial charge on any atom is -0.299 e. The van der Waals surface area contributed by atoms with Gasteiger partial charge in [-0.3, -0.25) is 4.79 Å². The molecule has 1 aliphatic rings. The van der Waals surface area contributed by atoms with Crippen molar-refractivity contribution in [1.29, 1.82) is 5.26 Å². The third-order valence-electron chi connectivity index (χ3n) is 2.73. The molecular weight excluding hydrogens is 174 g/mol. The van der Waals surface area contributed by atoms with Gasteiger partial charge in [-0.15, -0.1) is 0 Å². The molecule has 0 heterocycles. The van der Waals surface area contributed by atoms with Gasteiger partial charge in [-0.2, -0.15) is 5.26 Å². The van der Waals surface area contributed by atoms with E-state index >= 15 is 0 Å². The van der Waals surface area contributed by atoms with Crippen LogP contribution in [0.5, 0.6) is 0 Å². The topological polar surface area (TPSA) is 40.9 Å². The number of nitriles is 1. The van der Waals surface area contributed by atoms with Gasteiger partial charge in [0, 0.05) is 18.8 Å². The first-order valence-corrected chi connectivity index (χ1v) is 4.80. The maximum atomic E-state index is 11.6. The number of hydrogen-bond donors (Lipinski definition) is 0. The average Bonchev–Trinajstić information content (AvgIpc) is 2.51. The first-order valence-electron chi connectivity index (χ1n) is 4.80. The average molecular weight is 185 g/mol. The number of hydrogen-bond acceptors (Lipinski definition) is 2. The Hall–Kier alpha value is -1.62. The molecule has 0 bridgehead atoms. The SMILES string of the molecule is N#CCCC1C(=O)Cc2ccccc21. The Kier molecular flexibility index (Phi) is 2.32. The van der Waals surface area contributed by atoms with E-state index in [4.69, 9.17) is 5.26 Å². The number of rotatable bonds is 2. The molecule has 0 aliphatic heterocycles. The van der Waals surface area contributed by atoms with Crippen molar-refractivity contribution in [2.75, 3.05) is 0 Å². The highest BCUT2D eigenvalue weighted by molar-refractivity contribution is 5.92. The highest BCUT2D eigenvalue weighted by Crippen LogP contribution is 2.33. The minimum absolute atomic E-state index is 0.0224. The van der Waals surface area contributed by atoms with Gasteiger partial charge in [0.05, 0.1) is 6.07 Å². The normalized spacial score (nSPS) is 19.1. The molecule has 0 amide bonds. The van der Waals surface area contributed by atoms with E-state index in [0.29, 0.717) is 19.3 Å². The second-order valence-corrected chi connectivity index (χ2v) is 3.59. The zero-order chi connectivity index (χ0) is 9.97. The Balaban J connectivity index is 2.26. The van der Waals surface area contributed by atoms with Crippen molar-refractivity contribution in [3.63, 3.8) is 0 Å². The van der Waals surface area contributed by atoms with E-state index in [-0.39, 0.29) is 11.7 Å². The fourth-order valence-corrected chi connectivity index (χ4v) is 2.04. The number of Topliss-reactive ketones (excluding diaryl/α,β-unsaturated/α-hetero) is 1. The van der Waals surface area contributed by atoms with Gasteiger partial charge in [-0.05, 0) is 17.5 Å². The van der Waals surface area contributed by atoms with E-state index in [0.717, 1.165) is 11.1 Å². The van der Waals surface area contributed by atoms with Crippen LogP contribution in [0.25, 0.3) is 0 Å². The van der Waals surface area contributed by atoms with Crippen molar-refractivity contribution in [3.05, 3.63) is 35.4 Å². The monoisotopic (exact) mass is 185 g/mol. The van der Waals surface area contributed by atoms with E-state index in [1.807, 2.05) is 24.3 Å². The van der Waals surface area contributed by atoms with Gasteiger partial charge < -0.3 is 0 Å². The Bertz CT molecular complexity index is 403. The van der Waals surface area contributed by atoms with Crippen LogP contribution in [-0.2, 0) is 11.2 Å². The lowest BCUT2D eigenvalue weighted by Gasteiger charge is -2.06. The highest BCUT2D eigenvalue weighted by atomic mass is 16.1. The molecule has 0 fully saturated rings. The molecule has 1 atom stereocenters. The lowest BCUT2D eigenvalue weighted by Crippen LogP contribution is -2.05. The van der Waals surface area contributed by atoms with Crippen molar-refractivity contribution in [1.82, 2.24) is 0 Å². The summed E-state index contributed by atoms with van der Waals surface area (Å²) in [7, 11) is 0. The summed E-state index contributed by atoms with van der Waals surface area (Å²) in [5.41, 5.74) is 2.27.